The standard InChI is InChI=1S/C58H38N2O/c1-2-18-45-39(15-1)16-13-29-53(45)59(42-35-31-40(32-36-42)44-17-3-4-20-47(44)51-24-14-25-52-50-23-8-12-30-57(50)61-58(51)52)43-37-33-41(34-38-43)46-19-5-9-26-54(46)60-55-27-10-6-21-48(55)49-22-7-11-28-56(49)60/h1-38H. The Balaban J connectivity index is 0.963. The summed E-state index contributed by atoms with van der Waals surface area (Å²) >= 11 is 0. The van der Waals surface area contributed by atoms with Gasteiger partial charge in [0.05, 0.1) is 22.4 Å². The summed E-state index contributed by atoms with van der Waals surface area (Å²) in [6.45, 7) is 0. The van der Waals surface area contributed by atoms with Crippen LogP contribution in [-0.2, 0) is 0 Å². The molecule has 2 heterocycles. The van der Waals surface area contributed by atoms with Gasteiger partial charge < -0.3 is 13.9 Å². The predicted molar refractivity (Wildman–Crippen MR) is 257 cm³/mol. The SMILES string of the molecule is c1ccc(-c2cccc3c2oc2ccccc23)c(-c2ccc(N(c3ccc(-c4ccccc4-n4c5ccccc5c5ccccc54)cc3)c3cccc4ccccc34)cc2)c1. The molecule has 0 fully saturated rings. The van der Waals surface area contributed by atoms with Crippen LogP contribution in [0.4, 0.5) is 17.1 Å². The van der Waals surface area contributed by atoms with E-state index in [4.69, 9.17) is 4.42 Å². The first-order valence-corrected chi connectivity index (χ1v) is 20.8. The second-order valence-electron chi connectivity index (χ2n) is 15.6. The van der Waals surface area contributed by atoms with Crippen LogP contribution in [0.2, 0.25) is 0 Å². The maximum atomic E-state index is 6.50. The fourth-order valence-electron chi connectivity index (χ4n) is 9.43. The van der Waals surface area contributed by atoms with E-state index >= 15 is 0 Å². The Morgan fingerprint density at radius 3 is 1.54 bits per heavy atom. The van der Waals surface area contributed by atoms with E-state index in [1.54, 1.807) is 0 Å². The number of hydrogen-bond acceptors (Lipinski definition) is 2. The minimum atomic E-state index is 0.903. The minimum Gasteiger partial charge on any atom is -0.455 e. The molecule has 0 aliphatic rings. The van der Waals surface area contributed by atoms with Gasteiger partial charge in [0.15, 0.2) is 0 Å². The van der Waals surface area contributed by atoms with Crippen LogP contribution in [-0.4, -0.2) is 4.57 Å². The van der Waals surface area contributed by atoms with E-state index in [1.165, 1.54) is 38.1 Å². The van der Waals surface area contributed by atoms with Crippen molar-refractivity contribution in [3.05, 3.63) is 231 Å². The van der Waals surface area contributed by atoms with Crippen LogP contribution in [0.15, 0.2) is 235 Å². The molecule has 10 aromatic carbocycles. The first-order valence-electron chi connectivity index (χ1n) is 20.8. The van der Waals surface area contributed by atoms with E-state index in [9.17, 15) is 0 Å². The average molecular weight is 779 g/mol. The van der Waals surface area contributed by atoms with Crippen molar-refractivity contribution in [3.63, 3.8) is 0 Å². The van der Waals surface area contributed by atoms with Crippen molar-refractivity contribution in [1.82, 2.24) is 4.57 Å². The maximum Gasteiger partial charge on any atom is 0.143 e. The number of rotatable bonds is 7. The topological polar surface area (TPSA) is 21.3 Å². The lowest BCUT2D eigenvalue weighted by Gasteiger charge is -2.27. The van der Waals surface area contributed by atoms with Gasteiger partial charge >= 0.3 is 0 Å². The van der Waals surface area contributed by atoms with E-state index in [0.717, 1.165) is 72.5 Å². The zero-order chi connectivity index (χ0) is 40.3. The van der Waals surface area contributed by atoms with Crippen molar-refractivity contribution in [2.45, 2.75) is 0 Å². The Bertz CT molecular complexity index is 3530. The maximum absolute atomic E-state index is 6.50. The van der Waals surface area contributed by atoms with Crippen LogP contribution in [0.1, 0.15) is 0 Å². The van der Waals surface area contributed by atoms with Crippen LogP contribution in [0.3, 0.4) is 0 Å². The molecule has 0 N–H and O–H groups in total. The highest BCUT2D eigenvalue weighted by molar-refractivity contribution is 6.11. The van der Waals surface area contributed by atoms with Gasteiger partial charge in [0.2, 0.25) is 0 Å². The molecule has 0 bridgehead atoms. The number of aromatic nitrogens is 1. The van der Waals surface area contributed by atoms with Gasteiger partial charge in [-0.2, -0.15) is 0 Å². The molecular weight excluding hydrogens is 741 g/mol. The Labute approximate surface area is 353 Å². The molecule has 0 radical (unpaired) electrons. The van der Waals surface area contributed by atoms with Crippen molar-refractivity contribution in [2.24, 2.45) is 0 Å². The molecule has 0 spiro atoms. The van der Waals surface area contributed by atoms with E-state index in [2.05, 4.69) is 228 Å². The van der Waals surface area contributed by atoms with E-state index in [0.29, 0.717) is 0 Å². The van der Waals surface area contributed by atoms with Crippen LogP contribution in [0.5, 0.6) is 0 Å². The molecule has 0 unspecified atom stereocenters. The number of fused-ring (bicyclic) bond motifs is 7. The van der Waals surface area contributed by atoms with Gasteiger partial charge in [0.25, 0.3) is 0 Å². The number of hydrogen-bond donors (Lipinski definition) is 0. The van der Waals surface area contributed by atoms with E-state index < -0.39 is 0 Å². The predicted octanol–water partition coefficient (Wildman–Crippen LogP) is 16.3. The lowest BCUT2D eigenvalue weighted by atomic mass is 9.93. The second-order valence-corrected chi connectivity index (χ2v) is 15.6. The molecule has 0 aliphatic heterocycles. The van der Waals surface area contributed by atoms with Gasteiger partial charge in [-0.3, -0.25) is 0 Å². The highest BCUT2D eigenvalue weighted by Gasteiger charge is 2.20. The largest absolute Gasteiger partial charge is 0.455 e. The third-order valence-electron chi connectivity index (χ3n) is 12.2. The monoisotopic (exact) mass is 778 g/mol. The van der Waals surface area contributed by atoms with Gasteiger partial charge in [0, 0.05) is 49.4 Å². The molecule has 61 heavy (non-hydrogen) atoms. The van der Waals surface area contributed by atoms with Crippen molar-refractivity contribution < 1.29 is 4.42 Å². The fourth-order valence-corrected chi connectivity index (χ4v) is 9.43. The van der Waals surface area contributed by atoms with Gasteiger partial charge in [-0.1, -0.05) is 176 Å². The third kappa shape index (κ3) is 5.74. The molecule has 12 rings (SSSR count). The van der Waals surface area contributed by atoms with Gasteiger partial charge in [-0.25, -0.2) is 0 Å². The first-order chi connectivity index (χ1) is 30.3. The minimum absolute atomic E-state index is 0.903. The Morgan fingerprint density at radius 1 is 0.328 bits per heavy atom. The quantitative estimate of drug-likeness (QED) is 0.161. The molecular formula is C58H38N2O. The Kier molecular flexibility index (Phi) is 8.17. The third-order valence-corrected chi connectivity index (χ3v) is 12.2. The molecule has 3 nitrogen and oxygen atoms in total. The first kappa shape index (κ1) is 34.9. The van der Waals surface area contributed by atoms with E-state index in [1.807, 2.05) is 12.1 Å². The van der Waals surface area contributed by atoms with Crippen LogP contribution in [0, 0.1) is 0 Å². The summed E-state index contributed by atoms with van der Waals surface area (Å²) in [7, 11) is 0. The zero-order valence-electron chi connectivity index (χ0n) is 33.2. The number of benzene rings is 10. The highest BCUT2D eigenvalue weighted by Crippen LogP contribution is 2.44. The van der Waals surface area contributed by atoms with Crippen LogP contribution in [0.25, 0.3) is 93.6 Å². The van der Waals surface area contributed by atoms with Gasteiger partial charge in [-0.15, -0.1) is 0 Å². The molecule has 2 aromatic heterocycles. The summed E-state index contributed by atoms with van der Waals surface area (Å²) in [4.78, 5) is 2.38. The normalized spacial score (nSPS) is 11.6. The fraction of sp³-hybridized carbons (Fsp3) is 0. The van der Waals surface area contributed by atoms with Crippen molar-refractivity contribution >= 4 is 71.6 Å². The summed E-state index contributed by atoms with van der Waals surface area (Å²) < 4.78 is 8.91. The summed E-state index contributed by atoms with van der Waals surface area (Å²) in [5, 5.41) is 7.17. The zero-order valence-corrected chi connectivity index (χ0v) is 33.2. The molecule has 0 amide bonds. The molecule has 0 atom stereocenters. The molecule has 0 aliphatic carbocycles. The Morgan fingerprint density at radius 2 is 0.820 bits per heavy atom. The summed E-state index contributed by atoms with van der Waals surface area (Å²) in [6.07, 6.45) is 0. The molecule has 0 saturated carbocycles. The summed E-state index contributed by atoms with van der Waals surface area (Å²) in [5.74, 6) is 0. The lowest BCUT2D eigenvalue weighted by molar-refractivity contribution is 0.670. The highest BCUT2D eigenvalue weighted by atomic mass is 16.3. The molecule has 0 saturated heterocycles. The van der Waals surface area contributed by atoms with Crippen molar-refractivity contribution in [1.29, 1.82) is 0 Å². The number of furan rings is 1. The number of nitrogens with zero attached hydrogens (tertiary/aromatic N) is 2. The number of anilines is 3. The lowest BCUT2D eigenvalue weighted by Crippen LogP contribution is -2.10. The molecule has 286 valence electrons. The van der Waals surface area contributed by atoms with E-state index in [-0.39, 0.29) is 0 Å². The second kappa shape index (κ2) is 14.3. The molecule has 3 heteroatoms. The number of para-hydroxylation sites is 5. The average Bonchev–Trinajstić information content (AvgIpc) is 3.88. The van der Waals surface area contributed by atoms with Crippen molar-refractivity contribution in [2.75, 3.05) is 4.90 Å². The van der Waals surface area contributed by atoms with Crippen LogP contribution < -0.4 is 4.90 Å². The van der Waals surface area contributed by atoms with Gasteiger partial charge in [0.1, 0.15) is 11.2 Å². The molecule has 12 aromatic rings. The summed E-state index contributed by atoms with van der Waals surface area (Å²) in [6, 6.07) is 82.8. The Hall–Kier alpha value is -8.14. The van der Waals surface area contributed by atoms with Crippen molar-refractivity contribution in [3.8, 4) is 39.1 Å². The van der Waals surface area contributed by atoms with Gasteiger partial charge in [-0.05, 0) is 82.2 Å². The summed E-state index contributed by atoms with van der Waals surface area (Å²) in [5.41, 5.74) is 15.5. The van der Waals surface area contributed by atoms with Crippen LogP contribution >= 0.6 is 0 Å². The smallest absolute Gasteiger partial charge is 0.143 e.